The molecule has 3 aromatic carbocycles. The Bertz CT molecular complexity index is 788. The van der Waals surface area contributed by atoms with Gasteiger partial charge >= 0.3 is 0 Å². The first-order valence-corrected chi connectivity index (χ1v) is 11.0. The predicted molar refractivity (Wildman–Crippen MR) is 123 cm³/mol. The van der Waals surface area contributed by atoms with E-state index in [4.69, 9.17) is 11.5 Å². The largest absolute Gasteiger partial charge is 0.330 e. The summed E-state index contributed by atoms with van der Waals surface area (Å²) in [6, 6.07) is 30.8. The molecule has 150 valence electrons. The highest BCUT2D eigenvalue weighted by molar-refractivity contribution is 8.00. The lowest BCUT2D eigenvalue weighted by atomic mass is 9.84. The third kappa shape index (κ3) is 4.96. The second kappa shape index (κ2) is 10.4. The molecule has 0 amide bonds. The van der Waals surface area contributed by atoms with Gasteiger partial charge in [0.2, 0.25) is 0 Å². The van der Waals surface area contributed by atoms with E-state index in [1.807, 2.05) is 18.2 Å². The molecule has 0 aliphatic carbocycles. The van der Waals surface area contributed by atoms with Crippen molar-refractivity contribution in [3.63, 3.8) is 0 Å². The average Bonchev–Trinajstić information content (AvgIpc) is 2.80. The monoisotopic (exact) mass is 404 g/mol. The van der Waals surface area contributed by atoms with E-state index >= 15 is 0 Å². The number of ketones is 1. The summed E-state index contributed by atoms with van der Waals surface area (Å²) in [5, 5.41) is 0. The number of nitrogens with two attached hydrogens (primary N) is 2. The zero-order chi connectivity index (χ0) is 20.5. The lowest BCUT2D eigenvalue weighted by Gasteiger charge is -2.36. The summed E-state index contributed by atoms with van der Waals surface area (Å²) in [5.41, 5.74) is 15.3. The topological polar surface area (TPSA) is 69.1 Å². The summed E-state index contributed by atoms with van der Waals surface area (Å²) in [7, 11) is 0. The van der Waals surface area contributed by atoms with E-state index in [0.29, 0.717) is 25.1 Å². The number of thioether (sulfide) groups is 1. The zero-order valence-corrected chi connectivity index (χ0v) is 17.4. The SMILES string of the molecule is NCCCC(=O)[C@@H](N)CSC(c1ccccc1)(c1ccccc1)c1ccccc1. The third-order valence-electron chi connectivity index (χ3n) is 5.06. The average molecular weight is 405 g/mol. The first-order valence-electron chi connectivity index (χ1n) is 9.97. The van der Waals surface area contributed by atoms with Crippen molar-refractivity contribution in [2.24, 2.45) is 11.5 Å². The standard InChI is InChI=1S/C25H28N2OS/c26-18-10-17-24(28)23(27)19-29-25(20-11-4-1-5-12-20,21-13-6-2-7-14-21)22-15-8-3-9-16-22/h1-9,11-16,23H,10,17-19,26-27H2/t23-/m0/s1. The first kappa shape index (κ1) is 21.3. The van der Waals surface area contributed by atoms with Gasteiger partial charge < -0.3 is 11.5 Å². The molecule has 1 atom stereocenters. The molecule has 3 rings (SSSR count). The molecule has 3 nitrogen and oxygen atoms in total. The van der Waals surface area contributed by atoms with Gasteiger partial charge in [0.15, 0.2) is 0 Å². The van der Waals surface area contributed by atoms with Crippen molar-refractivity contribution in [3.8, 4) is 0 Å². The molecule has 0 aliphatic rings. The Morgan fingerprint density at radius 1 is 0.793 bits per heavy atom. The maximum absolute atomic E-state index is 12.4. The van der Waals surface area contributed by atoms with E-state index in [9.17, 15) is 4.79 Å². The van der Waals surface area contributed by atoms with E-state index in [1.165, 1.54) is 16.7 Å². The van der Waals surface area contributed by atoms with Crippen molar-refractivity contribution < 1.29 is 4.79 Å². The van der Waals surface area contributed by atoms with Crippen LogP contribution in [0.15, 0.2) is 91.0 Å². The number of benzene rings is 3. The van der Waals surface area contributed by atoms with Gasteiger partial charge in [-0.2, -0.15) is 0 Å². The summed E-state index contributed by atoms with van der Waals surface area (Å²) in [6.07, 6.45) is 1.12. The van der Waals surface area contributed by atoms with Crippen LogP contribution in [0, 0.1) is 0 Å². The fraction of sp³-hybridized carbons (Fsp3) is 0.240. The molecule has 4 N–H and O–H groups in total. The van der Waals surface area contributed by atoms with Crippen molar-refractivity contribution in [1.82, 2.24) is 0 Å². The van der Waals surface area contributed by atoms with Gasteiger partial charge in [-0.05, 0) is 29.7 Å². The summed E-state index contributed by atoms with van der Waals surface area (Å²) < 4.78 is -0.449. The van der Waals surface area contributed by atoms with Crippen LogP contribution in [0.25, 0.3) is 0 Å². The highest BCUT2D eigenvalue weighted by atomic mass is 32.2. The highest BCUT2D eigenvalue weighted by Gasteiger charge is 2.37. The molecule has 0 spiro atoms. The molecule has 0 bridgehead atoms. The van der Waals surface area contributed by atoms with Crippen LogP contribution >= 0.6 is 11.8 Å². The lowest BCUT2D eigenvalue weighted by molar-refractivity contribution is -0.119. The van der Waals surface area contributed by atoms with E-state index in [0.717, 1.165) is 0 Å². The molecule has 0 fully saturated rings. The summed E-state index contributed by atoms with van der Waals surface area (Å²) in [6.45, 7) is 0.508. The predicted octanol–water partition coefficient (Wildman–Crippen LogP) is 4.35. The second-order valence-electron chi connectivity index (χ2n) is 7.06. The molecule has 0 radical (unpaired) electrons. The maximum atomic E-state index is 12.4. The molecule has 0 saturated heterocycles. The van der Waals surface area contributed by atoms with E-state index in [2.05, 4.69) is 72.8 Å². The van der Waals surface area contributed by atoms with Crippen molar-refractivity contribution >= 4 is 17.5 Å². The Morgan fingerprint density at radius 2 is 1.21 bits per heavy atom. The minimum Gasteiger partial charge on any atom is -0.330 e. The highest BCUT2D eigenvalue weighted by Crippen LogP contribution is 2.48. The summed E-state index contributed by atoms with van der Waals surface area (Å²) >= 11 is 1.72. The molecule has 0 saturated carbocycles. The Labute approximate surface area is 177 Å². The molecule has 0 aliphatic heterocycles. The number of carbonyl (C=O) groups excluding carboxylic acids is 1. The van der Waals surface area contributed by atoms with Gasteiger partial charge in [0.1, 0.15) is 5.78 Å². The molecule has 0 unspecified atom stereocenters. The minimum absolute atomic E-state index is 0.0750. The van der Waals surface area contributed by atoms with Crippen LogP contribution in [-0.2, 0) is 9.54 Å². The summed E-state index contributed by atoms with van der Waals surface area (Å²) in [4.78, 5) is 12.4. The van der Waals surface area contributed by atoms with Crippen molar-refractivity contribution in [2.75, 3.05) is 12.3 Å². The molecule has 4 heteroatoms. The van der Waals surface area contributed by atoms with E-state index in [-0.39, 0.29) is 5.78 Å². The van der Waals surface area contributed by atoms with Gasteiger partial charge in [-0.15, -0.1) is 11.8 Å². The van der Waals surface area contributed by atoms with Crippen LogP contribution < -0.4 is 11.5 Å². The third-order valence-corrected chi connectivity index (χ3v) is 6.73. The Morgan fingerprint density at radius 3 is 1.59 bits per heavy atom. The summed E-state index contributed by atoms with van der Waals surface area (Å²) in [5.74, 6) is 0.605. The minimum atomic E-state index is -0.512. The van der Waals surface area contributed by atoms with Crippen molar-refractivity contribution in [3.05, 3.63) is 108 Å². The van der Waals surface area contributed by atoms with Gasteiger partial charge in [-0.25, -0.2) is 0 Å². The molecular weight excluding hydrogens is 376 g/mol. The number of rotatable bonds is 10. The lowest BCUT2D eigenvalue weighted by Crippen LogP contribution is -2.36. The maximum Gasteiger partial charge on any atom is 0.150 e. The van der Waals surface area contributed by atoms with E-state index in [1.54, 1.807) is 11.8 Å². The Kier molecular flexibility index (Phi) is 7.64. The van der Waals surface area contributed by atoms with Crippen molar-refractivity contribution in [1.29, 1.82) is 0 Å². The van der Waals surface area contributed by atoms with Crippen LogP contribution in [-0.4, -0.2) is 24.1 Å². The van der Waals surface area contributed by atoms with Crippen LogP contribution in [0.4, 0.5) is 0 Å². The Hall–Kier alpha value is -2.40. The van der Waals surface area contributed by atoms with Gasteiger partial charge in [0.25, 0.3) is 0 Å². The van der Waals surface area contributed by atoms with Crippen LogP contribution in [0.5, 0.6) is 0 Å². The molecule has 0 aromatic heterocycles. The van der Waals surface area contributed by atoms with Crippen LogP contribution in [0.2, 0.25) is 0 Å². The Balaban J connectivity index is 2.04. The second-order valence-corrected chi connectivity index (χ2v) is 8.29. The van der Waals surface area contributed by atoms with Gasteiger partial charge in [-0.1, -0.05) is 91.0 Å². The molecule has 29 heavy (non-hydrogen) atoms. The number of Topliss-reactive ketones (excluding diaryl/α,β-unsaturated/α-hetero) is 1. The van der Waals surface area contributed by atoms with Gasteiger partial charge in [0, 0.05) is 12.2 Å². The molecular formula is C25H28N2OS. The van der Waals surface area contributed by atoms with E-state index < -0.39 is 10.8 Å². The number of hydrogen-bond acceptors (Lipinski definition) is 4. The molecule has 0 heterocycles. The van der Waals surface area contributed by atoms with Crippen LogP contribution in [0.3, 0.4) is 0 Å². The first-order chi connectivity index (χ1) is 14.2. The normalized spacial score (nSPS) is 12.5. The van der Waals surface area contributed by atoms with Crippen LogP contribution in [0.1, 0.15) is 29.5 Å². The quantitative estimate of drug-likeness (QED) is 0.493. The fourth-order valence-electron chi connectivity index (χ4n) is 3.54. The van der Waals surface area contributed by atoms with Gasteiger partial charge in [0.05, 0.1) is 10.8 Å². The van der Waals surface area contributed by atoms with Crippen molar-refractivity contribution in [2.45, 2.75) is 23.6 Å². The molecule has 3 aromatic rings. The smallest absolute Gasteiger partial charge is 0.150 e. The van der Waals surface area contributed by atoms with Gasteiger partial charge in [-0.3, -0.25) is 4.79 Å². The number of hydrogen-bond donors (Lipinski definition) is 2. The zero-order valence-electron chi connectivity index (χ0n) is 16.5. The number of carbonyl (C=O) groups is 1. The fourth-order valence-corrected chi connectivity index (χ4v) is 5.06.